The van der Waals surface area contributed by atoms with Gasteiger partial charge in [-0.15, -0.1) is 0 Å². The smallest absolute Gasteiger partial charge is 0.224 e. The molecule has 30 heavy (non-hydrogen) atoms. The molecule has 0 radical (unpaired) electrons. The van der Waals surface area contributed by atoms with E-state index in [2.05, 4.69) is 37.5 Å². The lowest BCUT2D eigenvalue weighted by Gasteiger charge is -2.45. The third-order valence-corrected chi connectivity index (χ3v) is 5.69. The zero-order chi connectivity index (χ0) is 20.9. The summed E-state index contributed by atoms with van der Waals surface area (Å²) in [4.78, 5) is 27.9. The third-order valence-electron chi connectivity index (χ3n) is 5.69. The molecule has 1 amide bonds. The standard InChI is InChI=1S/C21H22FN7O/c1-3-18(30)28-21(2)6-13(7-21)26-20-25-9-15-14(8-24-19(15)27-20)12-4-5-17-23-10-16(22)29(17)11-12/h4-5,8-11,13H,3,6-7H2,1-2H3,(H,28,30)(H2,24,25,26,27)/t13-,21-. The molecule has 0 aliphatic heterocycles. The fourth-order valence-corrected chi connectivity index (χ4v) is 4.17. The van der Waals surface area contributed by atoms with Crippen LogP contribution < -0.4 is 10.6 Å². The van der Waals surface area contributed by atoms with Gasteiger partial charge in [0, 0.05) is 53.1 Å². The molecular formula is C21H22FN7O. The molecule has 5 rings (SSSR count). The molecule has 0 saturated heterocycles. The van der Waals surface area contributed by atoms with E-state index < -0.39 is 5.95 Å². The highest BCUT2D eigenvalue weighted by molar-refractivity contribution is 5.93. The largest absolute Gasteiger partial charge is 0.351 e. The highest BCUT2D eigenvalue weighted by Crippen LogP contribution is 2.34. The average molecular weight is 407 g/mol. The van der Waals surface area contributed by atoms with Crippen LogP contribution in [0.15, 0.2) is 36.9 Å². The number of aromatic nitrogens is 5. The predicted octanol–water partition coefficient (Wildman–Crippen LogP) is 3.27. The summed E-state index contributed by atoms with van der Waals surface area (Å²) in [6, 6.07) is 3.89. The van der Waals surface area contributed by atoms with Crippen LogP contribution in [-0.2, 0) is 4.79 Å². The van der Waals surface area contributed by atoms with Crippen LogP contribution in [0.1, 0.15) is 33.1 Å². The summed E-state index contributed by atoms with van der Waals surface area (Å²) in [5, 5.41) is 7.26. The fraction of sp³-hybridized carbons (Fsp3) is 0.333. The monoisotopic (exact) mass is 407 g/mol. The number of hydrogen-bond acceptors (Lipinski definition) is 5. The van der Waals surface area contributed by atoms with E-state index in [0.29, 0.717) is 23.7 Å². The number of nitrogens with one attached hydrogen (secondary N) is 3. The van der Waals surface area contributed by atoms with Gasteiger partial charge in [-0.3, -0.25) is 9.20 Å². The zero-order valence-electron chi connectivity index (χ0n) is 16.7. The van der Waals surface area contributed by atoms with Gasteiger partial charge in [0.2, 0.25) is 17.8 Å². The number of H-pyrrole nitrogens is 1. The number of rotatable bonds is 5. The SMILES string of the molecule is CCC(=O)N[C@]1(C)C[C@@H](Nc2ncc3c(-c4ccc5ncc(F)n5c4)c[nH]c3n2)C1. The van der Waals surface area contributed by atoms with E-state index in [-0.39, 0.29) is 17.5 Å². The van der Waals surface area contributed by atoms with Gasteiger partial charge in [0.1, 0.15) is 11.3 Å². The number of amides is 1. The number of carbonyl (C=O) groups is 1. The van der Waals surface area contributed by atoms with Gasteiger partial charge in [0.05, 0.1) is 6.20 Å². The van der Waals surface area contributed by atoms with Gasteiger partial charge in [0.15, 0.2) is 0 Å². The lowest BCUT2D eigenvalue weighted by Crippen LogP contribution is -2.59. The second-order valence-corrected chi connectivity index (χ2v) is 8.10. The number of halogens is 1. The van der Waals surface area contributed by atoms with Crippen LogP contribution in [0.2, 0.25) is 0 Å². The molecule has 3 N–H and O–H groups in total. The Bertz CT molecular complexity index is 1250. The molecule has 0 unspecified atom stereocenters. The van der Waals surface area contributed by atoms with Crippen molar-refractivity contribution in [2.45, 2.75) is 44.7 Å². The van der Waals surface area contributed by atoms with Crippen LogP contribution in [-0.4, -0.2) is 41.8 Å². The van der Waals surface area contributed by atoms with E-state index in [1.165, 1.54) is 10.6 Å². The molecule has 9 heteroatoms. The quantitative estimate of drug-likeness (QED) is 0.471. The van der Waals surface area contributed by atoms with Gasteiger partial charge in [0.25, 0.3) is 0 Å². The minimum atomic E-state index is -0.406. The molecule has 1 aliphatic carbocycles. The van der Waals surface area contributed by atoms with Gasteiger partial charge < -0.3 is 15.6 Å². The number of anilines is 1. The van der Waals surface area contributed by atoms with E-state index in [1.54, 1.807) is 18.5 Å². The molecule has 0 bridgehead atoms. The highest BCUT2D eigenvalue weighted by atomic mass is 19.1. The van der Waals surface area contributed by atoms with E-state index in [0.717, 1.165) is 29.4 Å². The first-order valence-electron chi connectivity index (χ1n) is 9.99. The van der Waals surface area contributed by atoms with Gasteiger partial charge in [-0.25, -0.2) is 9.97 Å². The summed E-state index contributed by atoms with van der Waals surface area (Å²) in [5.41, 5.74) is 2.83. The second-order valence-electron chi connectivity index (χ2n) is 8.10. The van der Waals surface area contributed by atoms with Gasteiger partial charge in [-0.05, 0) is 31.9 Å². The molecule has 0 atom stereocenters. The van der Waals surface area contributed by atoms with Crippen molar-refractivity contribution in [2.75, 3.05) is 5.32 Å². The molecule has 4 aromatic rings. The lowest BCUT2D eigenvalue weighted by molar-refractivity contribution is -0.123. The molecule has 4 aromatic heterocycles. The number of imidazole rings is 1. The Hall–Kier alpha value is -3.49. The summed E-state index contributed by atoms with van der Waals surface area (Å²) in [6.45, 7) is 3.91. The third kappa shape index (κ3) is 3.16. The molecule has 154 valence electrons. The number of aromatic amines is 1. The van der Waals surface area contributed by atoms with Gasteiger partial charge in [-0.1, -0.05) is 6.92 Å². The van der Waals surface area contributed by atoms with Crippen molar-refractivity contribution in [3.63, 3.8) is 0 Å². The van der Waals surface area contributed by atoms with Gasteiger partial charge >= 0.3 is 0 Å². The van der Waals surface area contributed by atoms with Crippen molar-refractivity contribution in [1.82, 2.24) is 29.7 Å². The van der Waals surface area contributed by atoms with E-state index in [1.807, 2.05) is 19.2 Å². The Balaban J connectivity index is 1.34. The van der Waals surface area contributed by atoms with Crippen LogP contribution in [0.4, 0.5) is 10.3 Å². The number of fused-ring (bicyclic) bond motifs is 2. The predicted molar refractivity (Wildman–Crippen MR) is 112 cm³/mol. The first kappa shape index (κ1) is 18.5. The minimum absolute atomic E-state index is 0.0706. The summed E-state index contributed by atoms with van der Waals surface area (Å²) in [5.74, 6) is 0.208. The minimum Gasteiger partial charge on any atom is -0.351 e. The molecule has 0 aromatic carbocycles. The van der Waals surface area contributed by atoms with E-state index >= 15 is 0 Å². The van der Waals surface area contributed by atoms with Gasteiger partial charge in [-0.2, -0.15) is 9.37 Å². The molecule has 1 fully saturated rings. The molecule has 8 nitrogen and oxygen atoms in total. The Morgan fingerprint density at radius 3 is 2.97 bits per heavy atom. The number of hydrogen-bond donors (Lipinski definition) is 3. The Morgan fingerprint density at radius 1 is 1.33 bits per heavy atom. The Labute approximate surface area is 171 Å². The zero-order valence-corrected chi connectivity index (χ0v) is 16.7. The molecular weight excluding hydrogens is 385 g/mol. The van der Waals surface area contributed by atoms with Crippen molar-refractivity contribution in [3.8, 4) is 11.1 Å². The molecule has 4 heterocycles. The maximum Gasteiger partial charge on any atom is 0.224 e. The first-order chi connectivity index (χ1) is 14.4. The van der Waals surface area contributed by atoms with Crippen LogP contribution in [0.5, 0.6) is 0 Å². The van der Waals surface area contributed by atoms with Crippen LogP contribution >= 0.6 is 0 Å². The lowest BCUT2D eigenvalue weighted by atomic mass is 9.74. The van der Waals surface area contributed by atoms with E-state index in [4.69, 9.17) is 0 Å². The average Bonchev–Trinajstić information content (AvgIpc) is 3.29. The van der Waals surface area contributed by atoms with Crippen molar-refractivity contribution < 1.29 is 9.18 Å². The molecule has 1 saturated carbocycles. The van der Waals surface area contributed by atoms with Crippen LogP contribution in [0.25, 0.3) is 27.8 Å². The normalized spacial score (nSPS) is 21.0. The van der Waals surface area contributed by atoms with Crippen molar-refractivity contribution >= 4 is 28.5 Å². The summed E-state index contributed by atoms with van der Waals surface area (Å²) >= 11 is 0. The van der Waals surface area contributed by atoms with Crippen molar-refractivity contribution in [1.29, 1.82) is 0 Å². The van der Waals surface area contributed by atoms with Crippen molar-refractivity contribution in [2.24, 2.45) is 0 Å². The number of nitrogens with zero attached hydrogens (tertiary/aromatic N) is 4. The van der Waals surface area contributed by atoms with E-state index in [9.17, 15) is 9.18 Å². The summed E-state index contributed by atoms with van der Waals surface area (Å²) in [6.07, 6.45) is 8.67. The maximum absolute atomic E-state index is 13.9. The second kappa shape index (κ2) is 6.79. The fourth-order valence-electron chi connectivity index (χ4n) is 4.17. The van der Waals surface area contributed by atoms with Crippen LogP contribution in [0.3, 0.4) is 0 Å². The topological polar surface area (TPSA) is 100 Å². The molecule has 0 spiro atoms. The Morgan fingerprint density at radius 2 is 2.17 bits per heavy atom. The van der Waals surface area contributed by atoms with Crippen LogP contribution in [0, 0.1) is 5.95 Å². The highest BCUT2D eigenvalue weighted by Gasteiger charge is 2.41. The van der Waals surface area contributed by atoms with Crippen molar-refractivity contribution in [3.05, 3.63) is 42.9 Å². The molecule has 1 aliphatic rings. The summed E-state index contributed by atoms with van der Waals surface area (Å²) < 4.78 is 15.3. The number of pyridine rings is 1. The number of carbonyl (C=O) groups excluding carboxylic acids is 1. The first-order valence-corrected chi connectivity index (χ1v) is 9.99. The Kier molecular flexibility index (Phi) is 4.19. The maximum atomic E-state index is 13.9. The summed E-state index contributed by atoms with van der Waals surface area (Å²) in [7, 11) is 0.